The maximum atomic E-state index is 2.43. The molecule has 0 bridgehead atoms. The van der Waals surface area contributed by atoms with Crippen LogP contribution in [0.15, 0.2) is 85.2 Å². The number of benzene rings is 2. The molecule has 1 saturated heterocycles. The highest BCUT2D eigenvalue weighted by molar-refractivity contribution is 5.16. The van der Waals surface area contributed by atoms with Crippen molar-refractivity contribution in [3.63, 3.8) is 0 Å². The van der Waals surface area contributed by atoms with E-state index >= 15 is 0 Å². The highest BCUT2D eigenvalue weighted by Gasteiger charge is 2.40. The monoisotopic (exact) mass is 344 g/mol. The first-order valence-electron chi connectivity index (χ1n) is 9.64. The number of quaternary nitrogens is 1. The fraction of sp³-hybridized carbons (Fsp3) is 0.292. The third kappa shape index (κ3) is 3.71. The summed E-state index contributed by atoms with van der Waals surface area (Å²) in [7, 11) is 2.43. The summed E-state index contributed by atoms with van der Waals surface area (Å²) in [5.74, 6) is 0. The van der Waals surface area contributed by atoms with Crippen LogP contribution in [-0.4, -0.2) is 18.1 Å². The Morgan fingerprint density at radius 2 is 1.58 bits per heavy atom. The summed E-state index contributed by atoms with van der Waals surface area (Å²) < 4.78 is 3.44. The average Bonchev–Trinajstić information content (AvgIpc) is 3.05. The van der Waals surface area contributed by atoms with Crippen LogP contribution in [0.1, 0.15) is 35.6 Å². The van der Waals surface area contributed by atoms with Gasteiger partial charge in [-0.15, -0.1) is 0 Å². The molecule has 26 heavy (non-hydrogen) atoms. The molecule has 1 aliphatic rings. The summed E-state index contributed by atoms with van der Waals surface area (Å²) >= 11 is 0. The van der Waals surface area contributed by atoms with Crippen molar-refractivity contribution in [3.8, 4) is 0 Å². The molecule has 4 rings (SSSR count). The largest absolute Gasteiger partial charge is 0.316 e. The third-order valence-corrected chi connectivity index (χ3v) is 5.76. The van der Waals surface area contributed by atoms with Gasteiger partial charge < -0.3 is 4.48 Å². The minimum atomic E-state index is 0.582. The number of likely N-dealkylation sites (tertiary alicyclic amines) is 1. The van der Waals surface area contributed by atoms with Crippen molar-refractivity contribution in [2.45, 2.75) is 32.0 Å². The van der Waals surface area contributed by atoms with E-state index < -0.39 is 0 Å². The fourth-order valence-corrected chi connectivity index (χ4v) is 4.46. The Balaban J connectivity index is 1.57. The molecule has 132 valence electrons. The van der Waals surface area contributed by atoms with Crippen LogP contribution in [0, 0.1) is 0 Å². The van der Waals surface area contributed by atoms with E-state index in [1.807, 2.05) is 0 Å². The number of aromatic nitrogens is 1. The number of hydrogen-bond donors (Lipinski definition) is 0. The zero-order valence-corrected chi connectivity index (χ0v) is 15.6. The summed E-state index contributed by atoms with van der Waals surface area (Å²) in [6.07, 6.45) is 7.14. The van der Waals surface area contributed by atoms with Crippen LogP contribution in [0.3, 0.4) is 0 Å². The number of pyridine rings is 1. The zero-order chi connectivity index (χ0) is 17.8. The maximum absolute atomic E-state index is 2.43. The molecule has 0 radical (unpaired) electrons. The summed E-state index contributed by atoms with van der Waals surface area (Å²) in [5, 5.41) is 0. The van der Waals surface area contributed by atoms with E-state index in [4.69, 9.17) is 0 Å². The highest BCUT2D eigenvalue weighted by atomic mass is 15.4. The molecule has 0 N–H and O–H groups in total. The molecule has 1 aromatic heterocycles. The smallest absolute Gasteiger partial charge is 0.178 e. The molecule has 2 atom stereocenters. The first-order chi connectivity index (χ1) is 12.7. The fourth-order valence-electron chi connectivity index (χ4n) is 4.46. The second-order valence-electron chi connectivity index (χ2n) is 7.80. The van der Waals surface area contributed by atoms with Gasteiger partial charge in [-0.3, -0.25) is 0 Å². The van der Waals surface area contributed by atoms with Gasteiger partial charge in [-0.2, -0.15) is 0 Å². The minimum Gasteiger partial charge on any atom is -0.316 e. The van der Waals surface area contributed by atoms with Gasteiger partial charge in [0.25, 0.3) is 0 Å². The van der Waals surface area contributed by atoms with E-state index in [0.29, 0.717) is 6.04 Å². The Morgan fingerprint density at radius 3 is 2.31 bits per heavy atom. The van der Waals surface area contributed by atoms with Gasteiger partial charge in [0.15, 0.2) is 18.9 Å². The van der Waals surface area contributed by atoms with Crippen molar-refractivity contribution in [1.82, 2.24) is 0 Å². The molecule has 2 heterocycles. The first-order valence-corrected chi connectivity index (χ1v) is 9.64. The van der Waals surface area contributed by atoms with Gasteiger partial charge >= 0.3 is 0 Å². The zero-order valence-electron chi connectivity index (χ0n) is 15.6. The molecule has 0 aliphatic carbocycles. The molecular formula is C24H28N2+2. The molecule has 2 nitrogen and oxygen atoms in total. The highest BCUT2D eigenvalue weighted by Crippen LogP contribution is 2.38. The Bertz CT molecular complexity index is 844. The van der Waals surface area contributed by atoms with Crippen molar-refractivity contribution >= 4 is 0 Å². The lowest BCUT2D eigenvalue weighted by Gasteiger charge is -2.36. The van der Waals surface area contributed by atoms with Crippen LogP contribution in [0.2, 0.25) is 0 Å². The number of rotatable bonds is 5. The van der Waals surface area contributed by atoms with Crippen molar-refractivity contribution < 1.29 is 9.05 Å². The summed E-state index contributed by atoms with van der Waals surface area (Å²) in [4.78, 5) is 0. The van der Waals surface area contributed by atoms with Crippen LogP contribution >= 0.6 is 0 Å². The molecule has 2 heteroatoms. The first kappa shape index (κ1) is 17.0. The second kappa shape index (κ2) is 7.43. The maximum Gasteiger partial charge on any atom is 0.178 e. The lowest BCUT2D eigenvalue weighted by atomic mass is 10.0. The quantitative estimate of drug-likeness (QED) is 0.474. The van der Waals surface area contributed by atoms with E-state index in [2.05, 4.69) is 96.8 Å². The van der Waals surface area contributed by atoms with Crippen LogP contribution in [0.25, 0.3) is 0 Å². The minimum absolute atomic E-state index is 0.582. The van der Waals surface area contributed by atoms with Crippen LogP contribution < -0.4 is 4.57 Å². The van der Waals surface area contributed by atoms with E-state index in [0.717, 1.165) is 17.6 Å². The third-order valence-electron chi connectivity index (χ3n) is 5.76. The van der Waals surface area contributed by atoms with Gasteiger partial charge in [-0.05, 0) is 6.07 Å². The van der Waals surface area contributed by atoms with Crippen molar-refractivity contribution in [1.29, 1.82) is 0 Å². The lowest BCUT2D eigenvalue weighted by Crippen LogP contribution is -2.43. The molecule has 1 fully saturated rings. The van der Waals surface area contributed by atoms with Crippen LogP contribution in [-0.2, 0) is 13.1 Å². The molecule has 2 aromatic carbocycles. The van der Waals surface area contributed by atoms with Gasteiger partial charge in [-0.25, -0.2) is 4.57 Å². The molecule has 0 unspecified atom stereocenters. The Hall–Kier alpha value is -2.45. The Labute approximate surface area is 156 Å². The molecule has 3 aromatic rings. The van der Waals surface area contributed by atoms with Crippen molar-refractivity contribution in [3.05, 3.63) is 102 Å². The van der Waals surface area contributed by atoms with Gasteiger partial charge in [0.2, 0.25) is 0 Å². The van der Waals surface area contributed by atoms with Gasteiger partial charge in [0.05, 0.1) is 19.2 Å². The molecule has 0 amide bonds. The Morgan fingerprint density at radius 1 is 0.885 bits per heavy atom. The van der Waals surface area contributed by atoms with Crippen molar-refractivity contribution in [2.75, 3.05) is 13.6 Å². The van der Waals surface area contributed by atoms with E-state index in [1.165, 1.54) is 36.1 Å². The second-order valence-corrected chi connectivity index (χ2v) is 7.80. The lowest BCUT2D eigenvalue weighted by molar-refractivity contribution is -0.940. The summed E-state index contributed by atoms with van der Waals surface area (Å²) in [5.41, 5.74) is 4.26. The van der Waals surface area contributed by atoms with Crippen LogP contribution in [0.4, 0.5) is 0 Å². The SMILES string of the molecule is C[N@+]1(Cc2ccccc2)CCC[C@H]1c1ccc[n+](Cc2ccccc2)c1. The molecular weight excluding hydrogens is 316 g/mol. The standard InChI is InChI=1S/C24H28N2/c1-26(20-22-12-6-3-7-13-22)17-9-15-24(26)23-14-8-16-25(19-23)18-21-10-4-2-5-11-21/h2-8,10-14,16,19,24H,9,15,17-18,20H2,1H3/q+2/t24-,26+/m0/s1. The number of hydrogen-bond acceptors (Lipinski definition) is 0. The predicted octanol–water partition coefficient (Wildman–Crippen LogP) is 4.50. The predicted molar refractivity (Wildman–Crippen MR) is 105 cm³/mol. The number of nitrogens with zero attached hydrogens (tertiary/aromatic N) is 2. The van der Waals surface area contributed by atoms with E-state index in [-0.39, 0.29) is 0 Å². The molecule has 1 aliphatic heterocycles. The normalized spacial score (nSPS) is 22.4. The molecule has 0 spiro atoms. The summed E-state index contributed by atoms with van der Waals surface area (Å²) in [6.45, 7) is 3.30. The topological polar surface area (TPSA) is 3.88 Å². The van der Waals surface area contributed by atoms with E-state index in [9.17, 15) is 0 Å². The summed E-state index contributed by atoms with van der Waals surface area (Å²) in [6, 6.07) is 26.8. The van der Waals surface area contributed by atoms with Gasteiger partial charge in [-0.1, -0.05) is 60.7 Å². The van der Waals surface area contributed by atoms with Crippen molar-refractivity contribution in [2.24, 2.45) is 0 Å². The Kier molecular flexibility index (Phi) is 4.85. The molecule has 0 saturated carbocycles. The van der Waals surface area contributed by atoms with Gasteiger partial charge in [0, 0.05) is 30.0 Å². The van der Waals surface area contributed by atoms with Crippen LogP contribution in [0.5, 0.6) is 0 Å². The van der Waals surface area contributed by atoms with Gasteiger partial charge in [0.1, 0.15) is 12.6 Å². The average molecular weight is 345 g/mol. The van der Waals surface area contributed by atoms with E-state index in [1.54, 1.807) is 0 Å².